The van der Waals surface area contributed by atoms with E-state index in [9.17, 15) is 14.0 Å². The number of halogens is 1. The van der Waals surface area contributed by atoms with E-state index in [1.54, 1.807) is 0 Å². The molecule has 0 aliphatic rings. The van der Waals surface area contributed by atoms with Crippen molar-refractivity contribution >= 4 is 11.8 Å². The van der Waals surface area contributed by atoms with Gasteiger partial charge in [-0.1, -0.05) is 13.8 Å². The predicted octanol–water partition coefficient (Wildman–Crippen LogP) is 1.06. The van der Waals surface area contributed by atoms with Gasteiger partial charge in [-0.2, -0.15) is 0 Å². The molecule has 0 aromatic carbocycles. The molecule has 1 rings (SSSR count). The van der Waals surface area contributed by atoms with E-state index < -0.39 is 11.7 Å². The third kappa shape index (κ3) is 4.65. The lowest BCUT2D eigenvalue weighted by atomic mass is 10.2. The van der Waals surface area contributed by atoms with Crippen molar-refractivity contribution in [2.75, 3.05) is 20.1 Å². The maximum Gasteiger partial charge on any atom is 0.257 e. The third-order valence-corrected chi connectivity index (χ3v) is 2.44. The minimum absolute atomic E-state index is 0.0887. The molecule has 0 bridgehead atoms. The van der Waals surface area contributed by atoms with E-state index in [1.807, 2.05) is 13.8 Å². The molecule has 1 N–H and O–H groups in total. The topological polar surface area (TPSA) is 62.3 Å². The van der Waals surface area contributed by atoms with Gasteiger partial charge in [0.25, 0.3) is 5.91 Å². The lowest BCUT2D eigenvalue weighted by Crippen LogP contribution is -2.39. The number of nitrogens with zero attached hydrogens (tertiary/aromatic N) is 2. The molecule has 6 heteroatoms. The van der Waals surface area contributed by atoms with E-state index in [1.165, 1.54) is 24.2 Å². The quantitative estimate of drug-likeness (QED) is 0.868. The largest absolute Gasteiger partial charge is 0.354 e. The number of carbonyl (C=O) groups excluding carboxylic acids is 2. The fourth-order valence-electron chi connectivity index (χ4n) is 1.42. The summed E-state index contributed by atoms with van der Waals surface area (Å²) < 4.78 is 13.4. The fraction of sp³-hybridized carbons (Fsp3) is 0.462. The molecule has 2 amide bonds. The number of rotatable bonds is 5. The number of pyridine rings is 1. The van der Waals surface area contributed by atoms with Crippen LogP contribution < -0.4 is 5.32 Å². The van der Waals surface area contributed by atoms with Crippen LogP contribution in [0.3, 0.4) is 0 Å². The maximum atomic E-state index is 13.4. The standard InChI is InChI=1S/C13H18FN3O2/c1-9(2)6-16-12(18)8-17(3)13(19)10-4-5-15-7-11(10)14/h4-5,7,9H,6,8H2,1-3H3,(H,16,18). The Bertz CT molecular complexity index is 463. The zero-order chi connectivity index (χ0) is 14.4. The van der Waals surface area contributed by atoms with E-state index in [-0.39, 0.29) is 18.0 Å². The Labute approximate surface area is 111 Å². The van der Waals surface area contributed by atoms with Crippen molar-refractivity contribution in [2.45, 2.75) is 13.8 Å². The normalized spacial score (nSPS) is 10.4. The van der Waals surface area contributed by atoms with Crippen LogP contribution in [0.4, 0.5) is 4.39 Å². The Balaban J connectivity index is 2.58. The summed E-state index contributed by atoms with van der Waals surface area (Å²) in [5.74, 6) is -1.16. The van der Waals surface area contributed by atoms with E-state index in [0.29, 0.717) is 12.5 Å². The number of amides is 2. The second-order valence-corrected chi connectivity index (χ2v) is 4.71. The number of hydrogen-bond acceptors (Lipinski definition) is 3. The SMILES string of the molecule is CC(C)CNC(=O)CN(C)C(=O)c1ccncc1F. The van der Waals surface area contributed by atoms with Crippen LogP contribution in [0.5, 0.6) is 0 Å². The second kappa shape index (κ2) is 6.82. The Morgan fingerprint density at radius 2 is 2.16 bits per heavy atom. The molecule has 0 fully saturated rings. The van der Waals surface area contributed by atoms with Gasteiger partial charge < -0.3 is 10.2 Å². The highest BCUT2D eigenvalue weighted by Crippen LogP contribution is 2.07. The van der Waals surface area contributed by atoms with Crippen LogP contribution in [0.1, 0.15) is 24.2 Å². The van der Waals surface area contributed by atoms with Gasteiger partial charge in [-0.3, -0.25) is 14.6 Å². The summed E-state index contributed by atoms with van der Waals surface area (Å²) in [7, 11) is 1.46. The van der Waals surface area contributed by atoms with Crippen molar-refractivity contribution in [2.24, 2.45) is 5.92 Å². The molecule has 104 valence electrons. The average Bonchev–Trinajstić information content (AvgIpc) is 2.36. The first-order valence-electron chi connectivity index (χ1n) is 6.03. The van der Waals surface area contributed by atoms with E-state index >= 15 is 0 Å². The number of carbonyl (C=O) groups is 2. The summed E-state index contributed by atoms with van der Waals surface area (Å²) in [6.07, 6.45) is 2.31. The number of nitrogens with one attached hydrogen (secondary N) is 1. The predicted molar refractivity (Wildman–Crippen MR) is 69.0 cm³/mol. The summed E-state index contributed by atoms with van der Waals surface area (Å²) in [5.41, 5.74) is -0.0887. The van der Waals surface area contributed by atoms with Crippen LogP contribution in [-0.4, -0.2) is 41.8 Å². The van der Waals surface area contributed by atoms with Gasteiger partial charge in [0, 0.05) is 19.8 Å². The Hall–Kier alpha value is -1.98. The highest BCUT2D eigenvalue weighted by atomic mass is 19.1. The maximum absolute atomic E-state index is 13.4. The highest BCUT2D eigenvalue weighted by Gasteiger charge is 2.18. The molecule has 0 saturated heterocycles. The first-order chi connectivity index (χ1) is 8.91. The molecule has 1 heterocycles. The van der Waals surface area contributed by atoms with Crippen molar-refractivity contribution in [1.82, 2.24) is 15.2 Å². The summed E-state index contributed by atoms with van der Waals surface area (Å²) in [6, 6.07) is 1.29. The number of aromatic nitrogens is 1. The average molecular weight is 267 g/mol. The van der Waals surface area contributed by atoms with Gasteiger partial charge in [-0.15, -0.1) is 0 Å². The first-order valence-corrected chi connectivity index (χ1v) is 6.03. The molecule has 5 nitrogen and oxygen atoms in total. The smallest absolute Gasteiger partial charge is 0.257 e. The lowest BCUT2D eigenvalue weighted by molar-refractivity contribution is -0.121. The Kier molecular flexibility index (Phi) is 5.41. The number of hydrogen-bond donors (Lipinski definition) is 1. The van der Waals surface area contributed by atoms with Crippen molar-refractivity contribution in [3.63, 3.8) is 0 Å². The molecule has 0 radical (unpaired) electrons. The van der Waals surface area contributed by atoms with Crippen LogP contribution >= 0.6 is 0 Å². The van der Waals surface area contributed by atoms with Crippen molar-refractivity contribution < 1.29 is 14.0 Å². The molecule has 1 aromatic rings. The molecule has 0 atom stereocenters. The second-order valence-electron chi connectivity index (χ2n) is 4.71. The van der Waals surface area contributed by atoms with Gasteiger partial charge in [-0.05, 0) is 12.0 Å². The van der Waals surface area contributed by atoms with Crippen LogP contribution in [-0.2, 0) is 4.79 Å². The molecule has 0 spiro atoms. The van der Waals surface area contributed by atoms with Gasteiger partial charge in [0.05, 0.1) is 18.3 Å². The minimum Gasteiger partial charge on any atom is -0.354 e. The van der Waals surface area contributed by atoms with Crippen LogP contribution in [0.15, 0.2) is 18.5 Å². The van der Waals surface area contributed by atoms with Gasteiger partial charge in [0.2, 0.25) is 5.91 Å². The Morgan fingerprint density at radius 3 is 2.74 bits per heavy atom. The molecule has 19 heavy (non-hydrogen) atoms. The summed E-state index contributed by atoms with van der Waals surface area (Å²) in [5, 5.41) is 2.70. The van der Waals surface area contributed by atoms with Gasteiger partial charge in [0.1, 0.15) is 0 Å². The molecular formula is C13H18FN3O2. The van der Waals surface area contributed by atoms with Crippen LogP contribution in [0.25, 0.3) is 0 Å². The Morgan fingerprint density at radius 1 is 1.47 bits per heavy atom. The van der Waals surface area contributed by atoms with Crippen molar-refractivity contribution in [3.8, 4) is 0 Å². The van der Waals surface area contributed by atoms with Crippen molar-refractivity contribution in [3.05, 3.63) is 29.8 Å². The first kappa shape index (κ1) is 15.1. The summed E-state index contributed by atoms with van der Waals surface area (Å²) >= 11 is 0. The highest BCUT2D eigenvalue weighted by molar-refractivity contribution is 5.96. The zero-order valence-corrected chi connectivity index (χ0v) is 11.3. The molecular weight excluding hydrogens is 249 g/mol. The molecule has 1 aromatic heterocycles. The van der Waals surface area contributed by atoms with E-state index in [0.717, 1.165) is 6.20 Å². The van der Waals surface area contributed by atoms with Gasteiger partial charge >= 0.3 is 0 Å². The summed E-state index contributed by atoms with van der Waals surface area (Å²) in [4.78, 5) is 28.2. The monoisotopic (exact) mass is 267 g/mol. The molecule has 0 aliphatic carbocycles. The number of likely N-dealkylation sites (N-methyl/N-ethyl adjacent to an activating group) is 1. The third-order valence-electron chi connectivity index (χ3n) is 2.44. The molecule has 0 aliphatic heterocycles. The van der Waals surface area contributed by atoms with Gasteiger partial charge in [0.15, 0.2) is 5.82 Å². The minimum atomic E-state index is -0.693. The van der Waals surface area contributed by atoms with E-state index in [2.05, 4.69) is 10.3 Å². The lowest BCUT2D eigenvalue weighted by Gasteiger charge is -2.17. The molecule has 0 saturated carbocycles. The van der Waals surface area contributed by atoms with Gasteiger partial charge in [-0.25, -0.2) is 4.39 Å². The fourth-order valence-corrected chi connectivity index (χ4v) is 1.42. The summed E-state index contributed by atoms with van der Waals surface area (Å²) in [6.45, 7) is 4.39. The van der Waals surface area contributed by atoms with Crippen molar-refractivity contribution in [1.29, 1.82) is 0 Å². The van der Waals surface area contributed by atoms with Crippen LogP contribution in [0, 0.1) is 11.7 Å². The zero-order valence-electron chi connectivity index (χ0n) is 11.3. The molecule has 0 unspecified atom stereocenters. The van der Waals surface area contributed by atoms with E-state index in [4.69, 9.17) is 0 Å². The van der Waals surface area contributed by atoms with Crippen LogP contribution in [0.2, 0.25) is 0 Å².